The van der Waals surface area contributed by atoms with Crippen LogP contribution < -0.4 is 0 Å². The van der Waals surface area contributed by atoms with Gasteiger partial charge in [0.15, 0.2) is 0 Å². The molecule has 0 saturated heterocycles. The van der Waals surface area contributed by atoms with Crippen LogP contribution in [0.25, 0.3) is 0 Å². The summed E-state index contributed by atoms with van der Waals surface area (Å²) in [7, 11) is 0. The van der Waals surface area contributed by atoms with Crippen molar-refractivity contribution < 1.29 is 19.7 Å². The number of aliphatic hydroxyl groups excluding tert-OH is 2. The van der Waals surface area contributed by atoms with Crippen molar-refractivity contribution in [1.82, 2.24) is 0 Å². The Morgan fingerprint density at radius 2 is 1.65 bits per heavy atom. The van der Waals surface area contributed by atoms with Crippen molar-refractivity contribution in [1.29, 1.82) is 0 Å². The third-order valence-corrected chi connectivity index (χ3v) is 13.4. The van der Waals surface area contributed by atoms with Crippen LogP contribution >= 0.6 is 11.6 Å². The third-order valence-electron chi connectivity index (χ3n) is 13.3. The molecule has 0 aromatic carbocycles. The van der Waals surface area contributed by atoms with Gasteiger partial charge in [0.05, 0.1) is 23.5 Å². The van der Waals surface area contributed by atoms with Crippen LogP contribution in [0.2, 0.25) is 0 Å². The molecule has 37 heavy (non-hydrogen) atoms. The van der Waals surface area contributed by atoms with Gasteiger partial charge in [0, 0.05) is 0 Å². The topological polar surface area (TPSA) is 66.8 Å². The SMILES string of the molecule is CC1(C)CC[C@]2(C(=O)OCCCl)CC[C@]3(C)C(=CC[C@@H]4[C@@]5(C)C[C@@H](O)[C@H](O)C(C)(C)[C@@H]5CC[C@]43C)[C@@H]2C1. The number of aliphatic hydroxyl groups is 2. The number of alkyl halides is 1. The van der Waals surface area contributed by atoms with Gasteiger partial charge in [-0.25, -0.2) is 0 Å². The molecular formula is C32H51ClO4. The number of fused-ring (bicyclic) bond motifs is 7. The van der Waals surface area contributed by atoms with Gasteiger partial charge in [-0.3, -0.25) is 4.79 Å². The number of rotatable bonds is 3. The van der Waals surface area contributed by atoms with E-state index in [-0.39, 0.29) is 45.6 Å². The maximum absolute atomic E-state index is 13.7. The van der Waals surface area contributed by atoms with Crippen molar-refractivity contribution in [2.45, 2.75) is 118 Å². The molecule has 5 heteroatoms. The molecule has 9 atom stereocenters. The summed E-state index contributed by atoms with van der Waals surface area (Å²) in [6.07, 6.45) is 9.97. The number of esters is 1. The van der Waals surface area contributed by atoms with E-state index in [9.17, 15) is 15.0 Å². The number of hydrogen-bond acceptors (Lipinski definition) is 4. The molecule has 0 bridgehead atoms. The van der Waals surface area contributed by atoms with Crippen molar-refractivity contribution in [2.75, 3.05) is 12.5 Å². The number of carbonyl (C=O) groups excluding carboxylic acids is 1. The smallest absolute Gasteiger partial charge is 0.312 e. The van der Waals surface area contributed by atoms with E-state index in [1.165, 1.54) is 5.57 Å². The molecule has 4 nitrogen and oxygen atoms in total. The van der Waals surface area contributed by atoms with Gasteiger partial charge in [-0.05, 0) is 103 Å². The molecule has 2 N–H and O–H groups in total. The lowest BCUT2D eigenvalue weighted by Gasteiger charge is -2.71. The number of hydrogen-bond donors (Lipinski definition) is 2. The van der Waals surface area contributed by atoms with Gasteiger partial charge in [0.25, 0.3) is 0 Å². The molecule has 0 heterocycles. The normalized spacial score (nSPS) is 50.0. The summed E-state index contributed by atoms with van der Waals surface area (Å²) in [5, 5.41) is 22.0. The zero-order chi connectivity index (χ0) is 27.2. The Morgan fingerprint density at radius 3 is 2.32 bits per heavy atom. The largest absolute Gasteiger partial charge is 0.464 e. The first-order valence-electron chi connectivity index (χ1n) is 14.9. The summed E-state index contributed by atoms with van der Waals surface area (Å²) < 4.78 is 5.79. The number of allylic oxidation sites excluding steroid dienone is 2. The Labute approximate surface area is 230 Å². The van der Waals surface area contributed by atoms with Crippen molar-refractivity contribution >= 4 is 17.6 Å². The Bertz CT molecular complexity index is 972. The van der Waals surface area contributed by atoms with E-state index in [0.29, 0.717) is 24.1 Å². The lowest BCUT2D eigenvalue weighted by molar-refractivity contribution is -0.232. The molecule has 0 radical (unpaired) electrons. The van der Waals surface area contributed by atoms with E-state index in [1.807, 2.05) is 0 Å². The minimum Gasteiger partial charge on any atom is -0.464 e. The predicted octanol–water partition coefficient (Wildman–Crippen LogP) is 6.90. The summed E-state index contributed by atoms with van der Waals surface area (Å²) in [5.74, 6) is 1.37. The average molecular weight is 535 g/mol. The highest BCUT2D eigenvalue weighted by atomic mass is 35.5. The highest BCUT2D eigenvalue weighted by Gasteiger charge is 2.70. The van der Waals surface area contributed by atoms with Gasteiger partial charge in [0.1, 0.15) is 6.61 Å². The zero-order valence-electron chi connectivity index (χ0n) is 24.3. The summed E-state index contributed by atoms with van der Waals surface area (Å²) in [6.45, 7) is 16.8. The summed E-state index contributed by atoms with van der Waals surface area (Å²) in [5.41, 5.74) is 1.07. The van der Waals surface area contributed by atoms with E-state index in [0.717, 1.165) is 51.4 Å². The van der Waals surface area contributed by atoms with Crippen LogP contribution in [-0.4, -0.2) is 40.9 Å². The van der Waals surface area contributed by atoms with Crippen LogP contribution in [0.15, 0.2) is 11.6 Å². The first-order valence-corrected chi connectivity index (χ1v) is 15.4. The van der Waals surface area contributed by atoms with Gasteiger partial charge in [0.2, 0.25) is 0 Å². The molecule has 0 aliphatic heterocycles. The Kier molecular flexibility index (Phi) is 6.58. The molecule has 0 unspecified atom stereocenters. The third kappa shape index (κ3) is 3.70. The van der Waals surface area contributed by atoms with E-state index in [1.54, 1.807) is 0 Å². The number of ether oxygens (including phenoxy) is 1. The Morgan fingerprint density at radius 1 is 0.973 bits per heavy atom. The molecule has 0 spiro atoms. The quantitative estimate of drug-likeness (QED) is 0.235. The van der Waals surface area contributed by atoms with Crippen molar-refractivity contribution in [3.8, 4) is 0 Å². The standard InChI is InChI=1S/C32H51ClO4/c1-27(2)12-14-32(26(36)37-17-16-33)15-13-30(6)20(21(32)18-27)8-9-24-29(5)19-22(34)25(35)28(3,4)23(29)10-11-31(24,30)7/h8,21-25,34-35H,9-19H2,1-7H3/t21-,22+,23-,24+,25-,29-,30+,31+,32-/m0/s1. The molecular weight excluding hydrogens is 484 g/mol. The van der Waals surface area contributed by atoms with Crippen LogP contribution in [-0.2, 0) is 9.53 Å². The molecule has 0 aromatic rings. The highest BCUT2D eigenvalue weighted by molar-refractivity contribution is 6.18. The molecule has 210 valence electrons. The van der Waals surface area contributed by atoms with Gasteiger partial charge < -0.3 is 14.9 Å². The fourth-order valence-electron chi connectivity index (χ4n) is 11.0. The number of carbonyl (C=O) groups is 1. The first-order chi connectivity index (χ1) is 17.1. The van der Waals surface area contributed by atoms with Crippen molar-refractivity contribution in [2.24, 2.45) is 50.2 Å². The maximum atomic E-state index is 13.7. The fraction of sp³-hybridized carbons (Fsp3) is 0.906. The number of halogens is 1. The van der Waals surface area contributed by atoms with Crippen LogP contribution in [0.1, 0.15) is 106 Å². The Balaban J connectivity index is 1.58. The highest BCUT2D eigenvalue weighted by Crippen LogP contribution is 2.75. The van der Waals surface area contributed by atoms with Crippen molar-refractivity contribution in [3.05, 3.63) is 11.6 Å². The van der Waals surface area contributed by atoms with Crippen LogP contribution in [0, 0.1) is 50.2 Å². The first kappa shape index (κ1) is 28.0. The maximum Gasteiger partial charge on any atom is 0.312 e. The summed E-state index contributed by atoms with van der Waals surface area (Å²) in [6, 6.07) is 0. The van der Waals surface area contributed by atoms with E-state index >= 15 is 0 Å². The van der Waals surface area contributed by atoms with Gasteiger partial charge in [-0.15, -0.1) is 11.6 Å². The zero-order valence-corrected chi connectivity index (χ0v) is 25.1. The van der Waals surface area contributed by atoms with Crippen molar-refractivity contribution in [3.63, 3.8) is 0 Å². The molecule has 5 aliphatic rings. The lowest BCUT2D eigenvalue weighted by atomic mass is 9.33. The molecule has 0 amide bonds. The fourth-order valence-corrected chi connectivity index (χ4v) is 11.1. The molecule has 0 aromatic heterocycles. The molecule has 4 fully saturated rings. The second-order valence-electron chi connectivity index (χ2n) is 15.7. The van der Waals surface area contributed by atoms with E-state index in [4.69, 9.17) is 16.3 Å². The molecule has 5 rings (SSSR count). The van der Waals surface area contributed by atoms with Crippen LogP contribution in [0.5, 0.6) is 0 Å². The second kappa shape index (κ2) is 8.71. The van der Waals surface area contributed by atoms with Crippen LogP contribution in [0.3, 0.4) is 0 Å². The average Bonchev–Trinajstić information content (AvgIpc) is 2.81. The van der Waals surface area contributed by atoms with Gasteiger partial charge in [-0.1, -0.05) is 60.1 Å². The lowest BCUT2D eigenvalue weighted by Crippen LogP contribution is -2.67. The molecule has 4 saturated carbocycles. The van der Waals surface area contributed by atoms with E-state index in [2.05, 4.69) is 54.5 Å². The predicted molar refractivity (Wildman–Crippen MR) is 148 cm³/mol. The van der Waals surface area contributed by atoms with Crippen LogP contribution in [0.4, 0.5) is 0 Å². The minimum absolute atomic E-state index is 0.0173. The summed E-state index contributed by atoms with van der Waals surface area (Å²) in [4.78, 5) is 13.7. The second-order valence-corrected chi connectivity index (χ2v) is 16.1. The van der Waals surface area contributed by atoms with Gasteiger partial charge in [-0.2, -0.15) is 0 Å². The van der Waals surface area contributed by atoms with E-state index < -0.39 is 17.6 Å². The minimum atomic E-state index is -0.674. The Hall–Kier alpha value is -0.580. The summed E-state index contributed by atoms with van der Waals surface area (Å²) >= 11 is 5.92. The molecule has 5 aliphatic carbocycles. The monoisotopic (exact) mass is 534 g/mol. The van der Waals surface area contributed by atoms with Gasteiger partial charge >= 0.3 is 5.97 Å².